The fourth-order valence-electron chi connectivity index (χ4n) is 1.65. The van der Waals surface area contributed by atoms with Crippen LogP contribution in [0.25, 0.3) is 0 Å². The standard InChI is InChI=1S/C12H19N3O2S/c1-3-4-10(11(13)15-17)12(16)14-7-9-6-5-8(2)18-9/h5-6,10,17H,3-4,7H2,1-2H3,(H2,13,15)(H,14,16). The quantitative estimate of drug-likeness (QED) is 0.319. The highest BCUT2D eigenvalue weighted by Crippen LogP contribution is 2.15. The highest BCUT2D eigenvalue weighted by atomic mass is 32.1. The Morgan fingerprint density at radius 3 is 2.83 bits per heavy atom. The van der Waals surface area contributed by atoms with Gasteiger partial charge in [-0.15, -0.1) is 11.3 Å². The third-order valence-corrected chi connectivity index (χ3v) is 3.60. The van der Waals surface area contributed by atoms with Gasteiger partial charge in [-0.25, -0.2) is 0 Å². The highest BCUT2D eigenvalue weighted by molar-refractivity contribution is 7.11. The molecule has 1 unspecified atom stereocenters. The first-order valence-electron chi connectivity index (χ1n) is 5.89. The largest absolute Gasteiger partial charge is 0.409 e. The molecule has 1 amide bonds. The van der Waals surface area contributed by atoms with Crippen molar-refractivity contribution < 1.29 is 10.0 Å². The molecule has 0 radical (unpaired) electrons. The number of nitrogens with two attached hydrogens (primary N) is 1. The van der Waals surface area contributed by atoms with Crippen molar-refractivity contribution in [2.24, 2.45) is 16.8 Å². The lowest BCUT2D eigenvalue weighted by Gasteiger charge is -2.14. The molecule has 4 N–H and O–H groups in total. The first-order valence-corrected chi connectivity index (χ1v) is 6.70. The zero-order valence-electron chi connectivity index (χ0n) is 10.6. The van der Waals surface area contributed by atoms with Gasteiger partial charge >= 0.3 is 0 Å². The fraction of sp³-hybridized carbons (Fsp3) is 0.500. The van der Waals surface area contributed by atoms with Gasteiger partial charge in [-0.1, -0.05) is 18.5 Å². The summed E-state index contributed by atoms with van der Waals surface area (Å²) in [4.78, 5) is 14.2. The van der Waals surface area contributed by atoms with Gasteiger partial charge in [-0.2, -0.15) is 0 Å². The Balaban J connectivity index is 2.56. The van der Waals surface area contributed by atoms with Gasteiger partial charge in [0, 0.05) is 9.75 Å². The van der Waals surface area contributed by atoms with Gasteiger partial charge in [-0.05, 0) is 25.5 Å². The highest BCUT2D eigenvalue weighted by Gasteiger charge is 2.21. The number of rotatable bonds is 6. The van der Waals surface area contributed by atoms with Crippen LogP contribution in [0.1, 0.15) is 29.5 Å². The van der Waals surface area contributed by atoms with Crippen molar-refractivity contribution in [1.29, 1.82) is 0 Å². The minimum absolute atomic E-state index is 0.0308. The van der Waals surface area contributed by atoms with Crippen LogP contribution in [0, 0.1) is 12.8 Å². The Morgan fingerprint density at radius 1 is 1.61 bits per heavy atom. The number of hydrogen-bond donors (Lipinski definition) is 3. The summed E-state index contributed by atoms with van der Waals surface area (Å²) in [5.74, 6) is -0.782. The molecule has 0 fully saturated rings. The molecule has 5 nitrogen and oxygen atoms in total. The first-order chi connectivity index (χ1) is 8.58. The molecule has 1 aromatic rings. The number of nitrogens with zero attached hydrogens (tertiary/aromatic N) is 1. The average molecular weight is 269 g/mol. The molecule has 0 aliphatic rings. The summed E-state index contributed by atoms with van der Waals surface area (Å²) >= 11 is 1.64. The maximum absolute atomic E-state index is 11.9. The third kappa shape index (κ3) is 4.03. The van der Waals surface area contributed by atoms with E-state index in [0.29, 0.717) is 13.0 Å². The topological polar surface area (TPSA) is 87.7 Å². The molecule has 0 bridgehead atoms. The number of hydrogen-bond acceptors (Lipinski definition) is 4. The summed E-state index contributed by atoms with van der Waals surface area (Å²) in [7, 11) is 0. The molecule has 0 aromatic carbocycles. The summed E-state index contributed by atoms with van der Waals surface area (Å²) < 4.78 is 0. The summed E-state index contributed by atoms with van der Waals surface area (Å²) in [6.07, 6.45) is 1.37. The van der Waals surface area contributed by atoms with Crippen molar-refractivity contribution >= 4 is 23.1 Å². The van der Waals surface area contributed by atoms with Crippen molar-refractivity contribution in [3.63, 3.8) is 0 Å². The molecule has 1 rings (SSSR count). The lowest BCUT2D eigenvalue weighted by molar-refractivity contribution is -0.123. The normalized spacial score (nSPS) is 13.3. The molecular weight excluding hydrogens is 250 g/mol. The SMILES string of the molecule is CCCC(C(=O)NCc1ccc(C)s1)C(N)=NO. The van der Waals surface area contributed by atoms with Crippen LogP contribution in [0.2, 0.25) is 0 Å². The molecule has 18 heavy (non-hydrogen) atoms. The zero-order valence-corrected chi connectivity index (χ0v) is 11.5. The van der Waals surface area contributed by atoms with E-state index >= 15 is 0 Å². The smallest absolute Gasteiger partial charge is 0.231 e. The summed E-state index contributed by atoms with van der Waals surface area (Å²) in [6.45, 7) is 4.45. The Morgan fingerprint density at radius 2 is 2.33 bits per heavy atom. The lowest BCUT2D eigenvalue weighted by atomic mass is 10.0. The number of carbonyl (C=O) groups is 1. The maximum atomic E-state index is 11.9. The molecule has 0 aliphatic carbocycles. The number of amides is 1. The van der Waals surface area contributed by atoms with Crippen molar-refractivity contribution in [3.05, 3.63) is 21.9 Å². The van der Waals surface area contributed by atoms with Gasteiger partial charge in [0.15, 0.2) is 5.84 Å². The Hall–Kier alpha value is -1.56. The van der Waals surface area contributed by atoms with Crippen molar-refractivity contribution in [2.45, 2.75) is 33.2 Å². The molecule has 6 heteroatoms. The molecular formula is C12H19N3O2S. The summed E-state index contributed by atoms with van der Waals surface area (Å²) in [5, 5.41) is 14.4. The predicted octanol–water partition coefficient (Wildman–Crippen LogP) is 1.84. The lowest BCUT2D eigenvalue weighted by Crippen LogP contribution is -2.38. The third-order valence-electron chi connectivity index (χ3n) is 2.60. The number of oxime groups is 1. The minimum Gasteiger partial charge on any atom is -0.409 e. The van der Waals surface area contributed by atoms with Gasteiger partial charge in [0.2, 0.25) is 5.91 Å². The van der Waals surface area contributed by atoms with Crippen LogP contribution in [0.4, 0.5) is 0 Å². The van der Waals surface area contributed by atoms with E-state index in [1.165, 1.54) is 4.88 Å². The number of thiophene rings is 1. The van der Waals surface area contributed by atoms with Crippen LogP contribution >= 0.6 is 11.3 Å². The van der Waals surface area contributed by atoms with Crippen molar-refractivity contribution in [2.75, 3.05) is 0 Å². The summed E-state index contributed by atoms with van der Waals surface area (Å²) in [5.41, 5.74) is 5.52. The van der Waals surface area contributed by atoms with Gasteiger partial charge in [0.25, 0.3) is 0 Å². The molecule has 1 aromatic heterocycles. The Bertz CT molecular complexity index is 429. The van der Waals surface area contributed by atoms with Crippen LogP contribution < -0.4 is 11.1 Å². The molecule has 0 saturated carbocycles. The average Bonchev–Trinajstić information content (AvgIpc) is 2.78. The van der Waals surface area contributed by atoms with E-state index in [1.807, 2.05) is 26.0 Å². The van der Waals surface area contributed by atoms with Crippen LogP contribution in [0.3, 0.4) is 0 Å². The van der Waals surface area contributed by atoms with E-state index in [2.05, 4.69) is 10.5 Å². The van der Waals surface area contributed by atoms with Crippen molar-refractivity contribution in [3.8, 4) is 0 Å². The van der Waals surface area contributed by atoms with Gasteiger partial charge in [0.1, 0.15) is 0 Å². The summed E-state index contributed by atoms with van der Waals surface area (Å²) in [6, 6.07) is 4.00. The fourth-order valence-corrected chi connectivity index (χ4v) is 2.48. The first kappa shape index (κ1) is 14.5. The van der Waals surface area contributed by atoms with Gasteiger partial charge in [0.05, 0.1) is 12.5 Å². The molecule has 0 spiro atoms. The van der Waals surface area contributed by atoms with Gasteiger partial charge < -0.3 is 16.3 Å². The molecule has 0 aliphatic heterocycles. The van der Waals surface area contributed by atoms with E-state index in [4.69, 9.17) is 10.9 Å². The predicted molar refractivity (Wildman–Crippen MR) is 72.7 cm³/mol. The number of aryl methyl sites for hydroxylation is 1. The molecule has 100 valence electrons. The minimum atomic E-state index is -0.555. The monoisotopic (exact) mass is 269 g/mol. The molecule has 1 heterocycles. The zero-order chi connectivity index (χ0) is 13.5. The van der Waals surface area contributed by atoms with Crippen LogP contribution in [-0.4, -0.2) is 17.0 Å². The number of amidine groups is 1. The van der Waals surface area contributed by atoms with Crippen molar-refractivity contribution in [1.82, 2.24) is 5.32 Å². The maximum Gasteiger partial charge on any atom is 0.231 e. The second-order valence-electron chi connectivity index (χ2n) is 4.10. The van der Waals surface area contributed by atoms with Crippen LogP contribution in [-0.2, 0) is 11.3 Å². The van der Waals surface area contributed by atoms with Crippen LogP contribution in [0.15, 0.2) is 17.3 Å². The van der Waals surface area contributed by atoms with Crippen LogP contribution in [0.5, 0.6) is 0 Å². The molecule has 1 atom stereocenters. The van der Waals surface area contributed by atoms with E-state index < -0.39 is 5.92 Å². The Kier molecular flexibility index (Phi) is 5.64. The second-order valence-corrected chi connectivity index (χ2v) is 5.47. The Labute approximate surface area is 111 Å². The second kappa shape index (κ2) is 7.00. The van der Waals surface area contributed by atoms with E-state index in [0.717, 1.165) is 11.3 Å². The van der Waals surface area contributed by atoms with E-state index in [-0.39, 0.29) is 11.7 Å². The van der Waals surface area contributed by atoms with E-state index in [1.54, 1.807) is 11.3 Å². The van der Waals surface area contributed by atoms with E-state index in [9.17, 15) is 4.79 Å². The van der Waals surface area contributed by atoms with Gasteiger partial charge in [-0.3, -0.25) is 4.79 Å². The molecule has 0 saturated heterocycles. The number of carbonyl (C=O) groups excluding carboxylic acids is 1. The number of nitrogens with one attached hydrogen (secondary N) is 1.